The number of fused-ring (bicyclic) bond motifs is 4. The van der Waals surface area contributed by atoms with Crippen molar-refractivity contribution in [2.75, 3.05) is 5.73 Å². The molecular weight excluding hydrogens is 392 g/mol. The van der Waals surface area contributed by atoms with Crippen molar-refractivity contribution in [2.24, 2.45) is 0 Å². The van der Waals surface area contributed by atoms with Crippen LogP contribution in [-0.2, 0) is 0 Å². The number of rotatable bonds is 2. The summed E-state index contributed by atoms with van der Waals surface area (Å²) in [6.07, 6.45) is 3.78. The minimum atomic E-state index is 0.373. The summed E-state index contributed by atoms with van der Waals surface area (Å²) in [7, 11) is 0. The van der Waals surface area contributed by atoms with Gasteiger partial charge in [0.05, 0.1) is 22.4 Å². The Morgan fingerprint density at radius 3 is 2.41 bits per heavy atom. The number of nitrogen functional groups attached to an aromatic ring is 1. The summed E-state index contributed by atoms with van der Waals surface area (Å²) in [6.45, 7) is 0. The average Bonchev–Trinajstić information content (AvgIpc) is 3.15. The highest BCUT2D eigenvalue weighted by molar-refractivity contribution is 6.52. The van der Waals surface area contributed by atoms with Gasteiger partial charge in [-0.25, -0.2) is 0 Å². The molecule has 152 valence electrons. The minimum absolute atomic E-state index is 0.373. The summed E-state index contributed by atoms with van der Waals surface area (Å²) in [5.74, 6) is 0. The van der Waals surface area contributed by atoms with Crippen LogP contribution in [0.2, 0.25) is 0 Å². The van der Waals surface area contributed by atoms with Crippen LogP contribution in [-0.4, -0.2) is 16.0 Å². The van der Waals surface area contributed by atoms with E-state index in [1.807, 2.05) is 36.4 Å². The topological polar surface area (TPSA) is 80.4 Å². The molecule has 0 saturated heterocycles. The van der Waals surface area contributed by atoms with Crippen molar-refractivity contribution < 1.29 is 5.41 Å². The van der Waals surface area contributed by atoms with Crippen LogP contribution in [0.15, 0.2) is 91.0 Å². The van der Waals surface area contributed by atoms with Crippen LogP contribution in [0.5, 0.6) is 0 Å². The predicted molar refractivity (Wildman–Crippen MR) is 133 cm³/mol. The number of aromatic nitrogens is 1. The van der Waals surface area contributed by atoms with Crippen molar-refractivity contribution in [1.82, 2.24) is 4.57 Å². The molecule has 0 saturated carbocycles. The Balaban J connectivity index is 1.66. The van der Waals surface area contributed by atoms with Gasteiger partial charge >= 0.3 is 0 Å². The van der Waals surface area contributed by atoms with Crippen LogP contribution in [0.3, 0.4) is 0 Å². The number of nitrogens with one attached hydrogen (secondary N) is 1. The van der Waals surface area contributed by atoms with Gasteiger partial charge in [-0.2, -0.15) is 0 Å². The summed E-state index contributed by atoms with van der Waals surface area (Å²) in [6, 6.07) is 28.9. The first-order valence-corrected chi connectivity index (χ1v) is 10.5. The molecule has 1 heterocycles. The highest BCUT2D eigenvalue weighted by atomic mass is 15.0. The zero-order valence-corrected chi connectivity index (χ0v) is 17.3. The first kappa shape index (κ1) is 18.3. The number of anilines is 1. The van der Waals surface area contributed by atoms with E-state index < -0.39 is 0 Å². The molecule has 1 aromatic heterocycles. The van der Waals surface area contributed by atoms with Crippen molar-refractivity contribution >= 4 is 45.0 Å². The molecule has 5 aromatic rings. The van der Waals surface area contributed by atoms with E-state index in [2.05, 4.69) is 59.2 Å². The molecule has 5 N–H and O–H groups in total. The maximum atomic E-state index is 8.57. The second-order valence-corrected chi connectivity index (χ2v) is 8.08. The first-order valence-electron chi connectivity index (χ1n) is 10.5. The maximum Gasteiger partial charge on any atom is 0.222 e. The van der Waals surface area contributed by atoms with E-state index in [4.69, 9.17) is 16.6 Å². The molecule has 32 heavy (non-hydrogen) atoms. The summed E-state index contributed by atoms with van der Waals surface area (Å²) < 4.78 is 2.22. The summed E-state index contributed by atoms with van der Waals surface area (Å²) >= 11 is 0. The molecule has 0 atom stereocenters. The van der Waals surface area contributed by atoms with Gasteiger partial charge in [0.1, 0.15) is 5.71 Å². The molecule has 0 spiro atoms. The van der Waals surface area contributed by atoms with Gasteiger partial charge in [0.15, 0.2) is 0 Å². The lowest BCUT2D eigenvalue weighted by Gasteiger charge is -2.16. The number of nitrogens with zero attached hydrogens (tertiary/aromatic N) is 1. The van der Waals surface area contributed by atoms with Gasteiger partial charge in [0.2, 0.25) is 5.71 Å². The molecule has 1 aliphatic carbocycles. The van der Waals surface area contributed by atoms with Crippen LogP contribution in [0.4, 0.5) is 5.69 Å². The summed E-state index contributed by atoms with van der Waals surface area (Å²) in [5, 5.41) is 17.0. The molecule has 0 radical (unpaired) electrons. The molecule has 4 nitrogen and oxygen atoms in total. The van der Waals surface area contributed by atoms with E-state index in [-0.39, 0.29) is 0 Å². The number of nitrogens with two attached hydrogens (primary N) is 2. The lowest BCUT2D eigenvalue weighted by atomic mass is 9.87. The zero-order chi connectivity index (χ0) is 21.8. The quantitative estimate of drug-likeness (QED) is 0.363. The normalized spacial score (nSPS) is 13.1. The van der Waals surface area contributed by atoms with E-state index in [9.17, 15) is 0 Å². The number of para-hydroxylation sites is 3. The third-order valence-corrected chi connectivity index (χ3v) is 6.24. The van der Waals surface area contributed by atoms with E-state index in [1.54, 1.807) is 6.08 Å². The lowest BCUT2D eigenvalue weighted by molar-refractivity contribution is -0.108. The van der Waals surface area contributed by atoms with E-state index in [1.165, 1.54) is 5.39 Å². The van der Waals surface area contributed by atoms with Crippen molar-refractivity contribution in [3.05, 3.63) is 102 Å². The predicted octanol–water partition coefficient (Wildman–Crippen LogP) is 4.63. The van der Waals surface area contributed by atoms with Gasteiger partial charge in [0.25, 0.3) is 0 Å². The molecule has 0 unspecified atom stereocenters. The van der Waals surface area contributed by atoms with Crippen molar-refractivity contribution in [2.45, 2.75) is 0 Å². The molecule has 4 heteroatoms. The van der Waals surface area contributed by atoms with E-state index >= 15 is 0 Å². The largest absolute Gasteiger partial charge is 0.397 e. The first-order chi connectivity index (χ1) is 15.6. The smallest absolute Gasteiger partial charge is 0.222 e. The molecule has 4 aromatic carbocycles. The summed E-state index contributed by atoms with van der Waals surface area (Å²) in [4.78, 5) is 0. The molecule has 6 rings (SSSR count). The Kier molecular flexibility index (Phi) is 3.89. The van der Waals surface area contributed by atoms with Gasteiger partial charge in [-0.3, -0.25) is 10.8 Å². The monoisotopic (exact) mass is 413 g/mol. The molecule has 0 aliphatic heterocycles. The molecule has 0 amide bonds. The highest BCUT2D eigenvalue weighted by Crippen LogP contribution is 2.37. The number of hydrogen-bond donors (Lipinski definition) is 3. The highest BCUT2D eigenvalue weighted by Gasteiger charge is 2.23. The van der Waals surface area contributed by atoms with Gasteiger partial charge in [0, 0.05) is 22.4 Å². The molecular formula is C28H21N4+. The number of allylic oxidation sites excluding steroid dienone is 1. The molecule has 0 bridgehead atoms. The van der Waals surface area contributed by atoms with Crippen LogP contribution in [0, 0.1) is 5.41 Å². The Hall–Kier alpha value is -4.44. The van der Waals surface area contributed by atoms with Gasteiger partial charge in [-0.15, -0.1) is 0 Å². The van der Waals surface area contributed by atoms with Gasteiger partial charge < -0.3 is 10.3 Å². The molecule has 0 fully saturated rings. The van der Waals surface area contributed by atoms with Crippen LogP contribution < -0.4 is 11.1 Å². The second-order valence-electron chi connectivity index (χ2n) is 8.08. The minimum Gasteiger partial charge on any atom is -0.397 e. The Bertz CT molecular complexity index is 1620. The Morgan fingerprint density at radius 2 is 1.53 bits per heavy atom. The molecule has 1 aliphatic rings. The van der Waals surface area contributed by atoms with Crippen molar-refractivity contribution in [1.29, 1.82) is 5.41 Å². The summed E-state index contributed by atoms with van der Waals surface area (Å²) in [5.41, 5.74) is 15.1. The number of benzene rings is 4. The van der Waals surface area contributed by atoms with Crippen molar-refractivity contribution in [3.8, 4) is 16.8 Å². The standard InChI is InChI=1S/C28H20N4/c29-22-9-2-4-11-26(22)32-24-10-3-1-7-20(24)21-16-18(13-15-25(21)32)19-8-5-6-17-12-14-23(30)28(31)27(17)19/h1-16,30-31H,29H2/p+1. The van der Waals surface area contributed by atoms with Crippen molar-refractivity contribution in [3.63, 3.8) is 0 Å². The van der Waals surface area contributed by atoms with Crippen LogP contribution in [0.1, 0.15) is 11.1 Å². The van der Waals surface area contributed by atoms with E-state index in [0.717, 1.165) is 50.0 Å². The lowest BCUT2D eigenvalue weighted by Crippen LogP contribution is -2.44. The average molecular weight is 414 g/mol. The van der Waals surface area contributed by atoms with Crippen LogP contribution >= 0.6 is 0 Å². The third-order valence-electron chi connectivity index (χ3n) is 6.24. The van der Waals surface area contributed by atoms with Gasteiger partial charge in [-0.1, -0.05) is 54.6 Å². The fourth-order valence-electron chi connectivity index (χ4n) is 4.73. The zero-order valence-electron chi connectivity index (χ0n) is 17.3. The second kappa shape index (κ2) is 6.79. The Morgan fingerprint density at radius 1 is 0.750 bits per heavy atom. The maximum absolute atomic E-state index is 8.57. The SMILES string of the molecule is N=C1C(=[NH2+])C=Cc2cccc(-c3ccc4c(c3)c3ccccc3n4-c3ccccc3N)c21. The fourth-order valence-corrected chi connectivity index (χ4v) is 4.73. The van der Waals surface area contributed by atoms with Gasteiger partial charge in [-0.05, 0) is 53.1 Å². The third kappa shape index (κ3) is 2.56. The van der Waals surface area contributed by atoms with Crippen LogP contribution in [0.25, 0.3) is 44.7 Å². The Labute approximate surface area is 185 Å². The fraction of sp³-hybridized carbons (Fsp3) is 0. The number of hydrogen-bond acceptors (Lipinski definition) is 2. The van der Waals surface area contributed by atoms with E-state index in [0.29, 0.717) is 11.4 Å².